The van der Waals surface area contributed by atoms with E-state index in [-0.39, 0.29) is 5.82 Å². The molecular weight excluding hydrogens is 396 g/mol. The summed E-state index contributed by atoms with van der Waals surface area (Å²) in [4.78, 5) is 17.4. The van der Waals surface area contributed by atoms with Crippen LogP contribution in [-0.4, -0.2) is 20.7 Å². The Labute approximate surface area is 180 Å². The fraction of sp³-hybridized carbons (Fsp3) is 0.125. The Morgan fingerprint density at radius 2 is 1.70 bits per heavy atom. The monoisotopic (exact) mass is 416 g/mol. The predicted octanol–water partition coefficient (Wildman–Crippen LogP) is 5.77. The molecule has 1 aromatic heterocycles. The number of carbonyl (C=O) groups is 1. The van der Waals surface area contributed by atoms with Gasteiger partial charge in [-0.15, -0.1) is 5.10 Å². The summed E-state index contributed by atoms with van der Waals surface area (Å²) >= 11 is 6.02. The maximum absolute atomic E-state index is 12.9. The van der Waals surface area contributed by atoms with Gasteiger partial charge in [-0.05, 0) is 56.2 Å². The molecule has 4 rings (SSSR count). The smallest absolute Gasteiger partial charge is 0.295 e. The molecule has 0 radical (unpaired) electrons. The first kappa shape index (κ1) is 19.9. The van der Waals surface area contributed by atoms with Crippen LogP contribution in [0.5, 0.6) is 0 Å². The van der Waals surface area contributed by atoms with Crippen molar-refractivity contribution in [3.8, 4) is 17.1 Å². The average Bonchev–Trinajstić information content (AvgIpc) is 3.16. The summed E-state index contributed by atoms with van der Waals surface area (Å²) in [6, 6.07) is 21.0. The summed E-state index contributed by atoms with van der Waals surface area (Å²) in [5.74, 6) is 0.307. The molecule has 5 nitrogen and oxygen atoms in total. The zero-order valence-corrected chi connectivity index (χ0v) is 17.7. The van der Waals surface area contributed by atoms with Crippen molar-refractivity contribution in [3.05, 3.63) is 94.3 Å². The van der Waals surface area contributed by atoms with Gasteiger partial charge in [0.15, 0.2) is 5.82 Å². The second-order valence-corrected chi connectivity index (χ2v) is 7.66. The Morgan fingerprint density at radius 3 is 2.43 bits per heavy atom. The summed E-state index contributed by atoms with van der Waals surface area (Å²) in [6.07, 6.45) is 0. The van der Waals surface area contributed by atoms with Crippen molar-refractivity contribution in [2.45, 2.75) is 20.8 Å². The largest absolute Gasteiger partial charge is 0.319 e. The number of halogens is 1. The van der Waals surface area contributed by atoms with Crippen LogP contribution in [0.2, 0.25) is 5.02 Å². The highest BCUT2D eigenvalue weighted by atomic mass is 35.5. The maximum Gasteiger partial charge on any atom is 0.295 e. The van der Waals surface area contributed by atoms with Gasteiger partial charge < -0.3 is 5.32 Å². The van der Waals surface area contributed by atoms with Gasteiger partial charge >= 0.3 is 0 Å². The molecule has 0 aliphatic heterocycles. The number of nitrogens with one attached hydrogen (secondary N) is 1. The number of anilines is 1. The first-order valence-corrected chi connectivity index (χ1v) is 9.98. The van der Waals surface area contributed by atoms with Gasteiger partial charge in [0.2, 0.25) is 5.82 Å². The molecule has 1 amide bonds. The van der Waals surface area contributed by atoms with Crippen molar-refractivity contribution >= 4 is 23.2 Å². The minimum absolute atomic E-state index is 0.0893. The van der Waals surface area contributed by atoms with Gasteiger partial charge in [0, 0.05) is 16.3 Å². The normalized spacial score (nSPS) is 10.8. The maximum atomic E-state index is 12.9. The number of hydrogen-bond acceptors (Lipinski definition) is 3. The molecule has 0 bridgehead atoms. The van der Waals surface area contributed by atoms with E-state index in [1.807, 2.05) is 63.2 Å². The van der Waals surface area contributed by atoms with Crippen molar-refractivity contribution < 1.29 is 4.79 Å². The van der Waals surface area contributed by atoms with E-state index >= 15 is 0 Å². The number of amides is 1. The fourth-order valence-corrected chi connectivity index (χ4v) is 3.37. The molecule has 150 valence electrons. The lowest BCUT2D eigenvalue weighted by Gasteiger charge is -2.11. The number of benzene rings is 3. The molecule has 3 aromatic carbocycles. The number of aromatic nitrogens is 3. The van der Waals surface area contributed by atoms with E-state index < -0.39 is 5.91 Å². The Kier molecular flexibility index (Phi) is 5.38. The third-order valence-electron chi connectivity index (χ3n) is 5.01. The molecule has 0 spiro atoms. The van der Waals surface area contributed by atoms with Gasteiger partial charge in [-0.25, -0.2) is 9.67 Å². The molecule has 1 N–H and O–H groups in total. The molecule has 6 heteroatoms. The van der Waals surface area contributed by atoms with E-state index in [1.54, 1.807) is 28.9 Å². The second kappa shape index (κ2) is 8.13. The highest BCUT2D eigenvalue weighted by Crippen LogP contribution is 2.25. The zero-order chi connectivity index (χ0) is 21.3. The van der Waals surface area contributed by atoms with Crippen LogP contribution in [0.15, 0.2) is 66.7 Å². The van der Waals surface area contributed by atoms with E-state index in [2.05, 4.69) is 15.4 Å². The number of aryl methyl sites for hydroxylation is 2. The van der Waals surface area contributed by atoms with E-state index in [1.165, 1.54) is 0 Å². The van der Waals surface area contributed by atoms with Crippen molar-refractivity contribution in [3.63, 3.8) is 0 Å². The van der Waals surface area contributed by atoms with Crippen LogP contribution in [0, 0.1) is 20.8 Å². The second-order valence-electron chi connectivity index (χ2n) is 7.22. The van der Waals surface area contributed by atoms with Crippen molar-refractivity contribution in [1.29, 1.82) is 0 Å². The van der Waals surface area contributed by atoms with Crippen molar-refractivity contribution in [2.75, 3.05) is 5.32 Å². The van der Waals surface area contributed by atoms with Crippen LogP contribution in [0.25, 0.3) is 17.1 Å². The molecule has 0 aliphatic rings. The van der Waals surface area contributed by atoms with E-state index in [0.717, 1.165) is 27.9 Å². The molecule has 0 saturated carbocycles. The fourth-order valence-electron chi connectivity index (χ4n) is 3.18. The molecule has 30 heavy (non-hydrogen) atoms. The molecule has 0 atom stereocenters. The van der Waals surface area contributed by atoms with Crippen LogP contribution in [0.3, 0.4) is 0 Å². The zero-order valence-electron chi connectivity index (χ0n) is 17.0. The van der Waals surface area contributed by atoms with E-state index in [4.69, 9.17) is 11.6 Å². The van der Waals surface area contributed by atoms with Crippen LogP contribution in [0.1, 0.15) is 27.3 Å². The molecular formula is C24H21ClN4O. The molecule has 0 fully saturated rings. The molecule has 0 unspecified atom stereocenters. The average molecular weight is 417 g/mol. The van der Waals surface area contributed by atoms with Crippen molar-refractivity contribution in [1.82, 2.24) is 14.8 Å². The van der Waals surface area contributed by atoms with Crippen LogP contribution in [0.4, 0.5) is 5.69 Å². The number of nitrogens with zero attached hydrogens (tertiary/aromatic N) is 3. The minimum atomic E-state index is -0.394. The summed E-state index contributed by atoms with van der Waals surface area (Å²) in [6.45, 7) is 6.12. The predicted molar refractivity (Wildman–Crippen MR) is 120 cm³/mol. The van der Waals surface area contributed by atoms with Crippen LogP contribution in [-0.2, 0) is 0 Å². The Morgan fingerprint density at radius 1 is 0.967 bits per heavy atom. The first-order valence-electron chi connectivity index (χ1n) is 9.60. The lowest BCUT2D eigenvalue weighted by Crippen LogP contribution is -2.14. The standard InChI is InChI=1S/C24H21ClN4O/c1-15-10-12-18(13-11-15)23-27-22(24(30)26-20-8-5-7-19(25)14-20)28-29(23)21-9-4-6-16(2)17(21)3/h4-14H,1-3H3,(H,26,30). The third-order valence-corrected chi connectivity index (χ3v) is 5.24. The summed E-state index contributed by atoms with van der Waals surface area (Å²) in [5, 5.41) is 7.92. The molecule has 4 aromatic rings. The van der Waals surface area contributed by atoms with Gasteiger partial charge in [-0.3, -0.25) is 4.79 Å². The Balaban J connectivity index is 1.80. The molecule has 1 heterocycles. The Hall–Kier alpha value is -3.44. The van der Waals surface area contributed by atoms with Crippen LogP contribution >= 0.6 is 11.6 Å². The first-order chi connectivity index (χ1) is 14.4. The lowest BCUT2D eigenvalue weighted by atomic mass is 10.1. The van der Waals surface area contributed by atoms with Crippen molar-refractivity contribution in [2.24, 2.45) is 0 Å². The lowest BCUT2D eigenvalue weighted by molar-refractivity contribution is 0.101. The van der Waals surface area contributed by atoms with E-state index in [9.17, 15) is 4.79 Å². The van der Waals surface area contributed by atoms with Gasteiger partial charge in [0.05, 0.1) is 5.69 Å². The Bertz CT molecular complexity index is 1230. The van der Waals surface area contributed by atoms with E-state index in [0.29, 0.717) is 16.5 Å². The van der Waals surface area contributed by atoms with Gasteiger partial charge in [-0.2, -0.15) is 0 Å². The third kappa shape index (κ3) is 3.98. The summed E-state index contributed by atoms with van der Waals surface area (Å²) < 4.78 is 1.74. The summed E-state index contributed by atoms with van der Waals surface area (Å²) in [5.41, 5.74) is 5.74. The SMILES string of the molecule is Cc1ccc(-c2nc(C(=O)Nc3cccc(Cl)c3)nn2-c2cccc(C)c2C)cc1. The molecule has 0 aliphatic carbocycles. The summed E-state index contributed by atoms with van der Waals surface area (Å²) in [7, 11) is 0. The molecule has 0 saturated heterocycles. The minimum Gasteiger partial charge on any atom is -0.319 e. The highest BCUT2D eigenvalue weighted by Gasteiger charge is 2.20. The van der Waals surface area contributed by atoms with Gasteiger partial charge in [0.1, 0.15) is 0 Å². The van der Waals surface area contributed by atoms with Crippen LogP contribution < -0.4 is 5.32 Å². The van der Waals surface area contributed by atoms with Gasteiger partial charge in [0.25, 0.3) is 5.91 Å². The topological polar surface area (TPSA) is 59.8 Å². The van der Waals surface area contributed by atoms with Gasteiger partial charge in [-0.1, -0.05) is 59.6 Å². The number of rotatable bonds is 4. The number of hydrogen-bond donors (Lipinski definition) is 1. The number of carbonyl (C=O) groups excluding carboxylic acids is 1. The highest BCUT2D eigenvalue weighted by molar-refractivity contribution is 6.30. The quantitative estimate of drug-likeness (QED) is 0.459.